The fourth-order valence-corrected chi connectivity index (χ4v) is 2.34. The van der Waals surface area contributed by atoms with Gasteiger partial charge < -0.3 is 19.7 Å². The van der Waals surface area contributed by atoms with Gasteiger partial charge in [0.25, 0.3) is 0 Å². The molecule has 0 saturated heterocycles. The molecule has 0 aliphatic rings. The topological polar surface area (TPSA) is 65.7 Å². The summed E-state index contributed by atoms with van der Waals surface area (Å²) in [6, 6.07) is 19.5. The Bertz CT molecular complexity index is 768. The Morgan fingerprint density at radius 3 is 2.38 bits per heavy atom. The van der Waals surface area contributed by atoms with Crippen molar-refractivity contribution in [1.82, 2.24) is 4.90 Å². The molecule has 2 aromatic carbocycles. The van der Waals surface area contributed by atoms with Crippen molar-refractivity contribution in [2.75, 3.05) is 5.32 Å². The summed E-state index contributed by atoms with van der Waals surface area (Å²) in [5, 5.41) is 12.3. The molecule has 24 heavy (non-hydrogen) atoms. The average molecular weight is 322 g/mol. The third-order valence-electron chi connectivity index (χ3n) is 3.55. The van der Waals surface area contributed by atoms with Gasteiger partial charge in [-0.15, -0.1) is 0 Å². The molecule has 0 atom stereocenters. The van der Waals surface area contributed by atoms with Crippen molar-refractivity contribution in [2.45, 2.75) is 13.1 Å². The first kappa shape index (κ1) is 15.7. The number of hydrogen-bond acceptors (Lipinski definition) is 3. The molecule has 122 valence electrons. The molecule has 5 heteroatoms. The van der Waals surface area contributed by atoms with Crippen molar-refractivity contribution in [3.05, 3.63) is 84.3 Å². The third-order valence-corrected chi connectivity index (χ3v) is 3.55. The predicted octanol–water partition coefficient (Wildman–Crippen LogP) is 4.22. The first-order valence-corrected chi connectivity index (χ1v) is 7.62. The van der Waals surface area contributed by atoms with Crippen LogP contribution in [0.2, 0.25) is 0 Å². The van der Waals surface area contributed by atoms with Gasteiger partial charge in [-0.25, -0.2) is 4.79 Å². The summed E-state index contributed by atoms with van der Waals surface area (Å²) in [6.07, 6.45) is 1.59. The molecular formula is C19H18N2O3. The van der Waals surface area contributed by atoms with Crippen LogP contribution in [-0.2, 0) is 13.1 Å². The lowest BCUT2D eigenvalue weighted by molar-refractivity contribution is 0.201. The van der Waals surface area contributed by atoms with Crippen LogP contribution < -0.4 is 5.32 Å². The number of benzene rings is 2. The molecule has 0 saturated carbocycles. The van der Waals surface area contributed by atoms with E-state index in [0.29, 0.717) is 18.8 Å². The maximum atomic E-state index is 12.6. The molecule has 2 amide bonds. The molecule has 0 fully saturated rings. The summed E-state index contributed by atoms with van der Waals surface area (Å²) >= 11 is 0. The van der Waals surface area contributed by atoms with E-state index in [0.717, 1.165) is 11.3 Å². The first-order chi connectivity index (χ1) is 11.7. The minimum Gasteiger partial charge on any atom is -0.508 e. The van der Waals surface area contributed by atoms with Crippen molar-refractivity contribution < 1.29 is 14.3 Å². The van der Waals surface area contributed by atoms with E-state index in [-0.39, 0.29) is 11.8 Å². The molecule has 0 aliphatic carbocycles. The molecule has 0 radical (unpaired) electrons. The van der Waals surface area contributed by atoms with Crippen LogP contribution in [0.1, 0.15) is 11.3 Å². The van der Waals surface area contributed by atoms with E-state index in [4.69, 9.17) is 4.42 Å². The minimum atomic E-state index is -0.217. The zero-order chi connectivity index (χ0) is 16.8. The molecule has 3 rings (SSSR count). The second-order valence-corrected chi connectivity index (χ2v) is 5.40. The van der Waals surface area contributed by atoms with Crippen LogP contribution in [0.15, 0.2) is 77.4 Å². The molecule has 5 nitrogen and oxygen atoms in total. The van der Waals surface area contributed by atoms with Gasteiger partial charge in [-0.05, 0) is 42.0 Å². The van der Waals surface area contributed by atoms with Crippen molar-refractivity contribution in [2.24, 2.45) is 0 Å². The van der Waals surface area contributed by atoms with Gasteiger partial charge in [0, 0.05) is 12.2 Å². The number of para-hydroxylation sites is 1. The lowest BCUT2D eigenvalue weighted by Gasteiger charge is -2.22. The summed E-state index contributed by atoms with van der Waals surface area (Å²) < 4.78 is 5.36. The Kier molecular flexibility index (Phi) is 4.81. The smallest absolute Gasteiger partial charge is 0.322 e. The number of aromatic hydroxyl groups is 1. The number of furan rings is 1. The maximum absolute atomic E-state index is 12.6. The summed E-state index contributed by atoms with van der Waals surface area (Å²) in [5.41, 5.74) is 1.65. The number of phenolic OH excluding ortho intramolecular Hbond substituents is 1. The maximum Gasteiger partial charge on any atom is 0.322 e. The summed E-state index contributed by atoms with van der Waals surface area (Å²) in [7, 11) is 0. The normalized spacial score (nSPS) is 10.3. The highest BCUT2D eigenvalue weighted by Gasteiger charge is 2.16. The van der Waals surface area contributed by atoms with Crippen LogP contribution in [0.4, 0.5) is 10.5 Å². The molecule has 3 aromatic rings. The van der Waals surface area contributed by atoms with Gasteiger partial charge in [-0.1, -0.05) is 30.3 Å². The monoisotopic (exact) mass is 322 g/mol. The molecule has 0 spiro atoms. The zero-order valence-electron chi connectivity index (χ0n) is 13.1. The highest BCUT2D eigenvalue weighted by molar-refractivity contribution is 5.89. The van der Waals surface area contributed by atoms with Crippen molar-refractivity contribution >= 4 is 11.7 Å². The molecular weight excluding hydrogens is 304 g/mol. The zero-order valence-corrected chi connectivity index (χ0v) is 13.1. The van der Waals surface area contributed by atoms with Crippen LogP contribution in [0, 0.1) is 0 Å². The van der Waals surface area contributed by atoms with Gasteiger partial charge >= 0.3 is 6.03 Å². The first-order valence-electron chi connectivity index (χ1n) is 7.62. The van der Waals surface area contributed by atoms with Crippen LogP contribution in [0.5, 0.6) is 5.75 Å². The molecule has 0 aliphatic heterocycles. The number of nitrogens with one attached hydrogen (secondary N) is 1. The average Bonchev–Trinajstić information content (AvgIpc) is 3.10. The Morgan fingerprint density at radius 1 is 0.958 bits per heavy atom. The van der Waals surface area contributed by atoms with E-state index in [9.17, 15) is 9.90 Å². The Morgan fingerprint density at radius 2 is 1.71 bits per heavy atom. The van der Waals surface area contributed by atoms with E-state index in [1.54, 1.807) is 41.5 Å². The Labute approximate surface area is 140 Å². The van der Waals surface area contributed by atoms with E-state index in [1.807, 2.05) is 36.4 Å². The van der Waals surface area contributed by atoms with Gasteiger partial charge in [0.1, 0.15) is 11.5 Å². The van der Waals surface area contributed by atoms with Gasteiger partial charge in [-0.2, -0.15) is 0 Å². The molecule has 1 heterocycles. The number of hydrogen-bond donors (Lipinski definition) is 2. The van der Waals surface area contributed by atoms with Crippen LogP contribution in [0.25, 0.3) is 0 Å². The van der Waals surface area contributed by atoms with E-state index >= 15 is 0 Å². The van der Waals surface area contributed by atoms with Crippen molar-refractivity contribution in [3.63, 3.8) is 0 Å². The van der Waals surface area contributed by atoms with E-state index in [2.05, 4.69) is 5.32 Å². The van der Waals surface area contributed by atoms with Gasteiger partial charge in [-0.3, -0.25) is 0 Å². The highest BCUT2D eigenvalue weighted by Crippen LogP contribution is 2.16. The summed E-state index contributed by atoms with van der Waals surface area (Å²) in [4.78, 5) is 14.3. The number of phenols is 1. The summed E-state index contributed by atoms with van der Waals surface area (Å²) in [6.45, 7) is 0.756. The SMILES string of the molecule is O=C(Nc1ccccc1)N(Cc1ccc(O)cc1)Cc1ccco1. The molecule has 0 bridgehead atoms. The fourth-order valence-electron chi connectivity index (χ4n) is 2.34. The van der Waals surface area contributed by atoms with Crippen LogP contribution in [-0.4, -0.2) is 16.0 Å². The quantitative estimate of drug-likeness (QED) is 0.739. The third kappa shape index (κ3) is 4.16. The number of anilines is 1. The molecule has 1 aromatic heterocycles. The van der Waals surface area contributed by atoms with Gasteiger partial charge in [0.05, 0.1) is 12.8 Å². The second kappa shape index (κ2) is 7.37. The standard InChI is InChI=1S/C19H18N2O3/c22-17-10-8-15(9-11-17)13-21(14-18-7-4-12-24-18)19(23)20-16-5-2-1-3-6-16/h1-12,22H,13-14H2,(H,20,23). The lowest BCUT2D eigenvalue weighted by Crippen LogP contribution is -2.33. The number of urea groups is 1. The lowest BCUT2D eigenvalue weighted by atomic mass is 10.2. The number of rotatable bonds is 5. The number of carbonyl (C=O) groups is 1. The second-order valence-electron chi connectivity index (χ2n) is 5.40. The molecule has 0 unspecified atom stereocenters. The van der Waals surface area contributed by atoms with Crippen molar-refractivity contribution in [1.29, 1.82) is 0 Å². The molecule has 2 N–H and O–H groups in total. The predicted molar refractivity (Wildman–Crippen MR) is 91.5 cm³/mol. The summed E-state index contributed by atoms with van der Waals surface area (Å²) in [5.74, 6) is 0.905. The van der Waals surface area contributed by atoms with Crippen LogP contribution in [0.3, 0.4) is 0 Å². The Hall–Kier alpha value is -3.21. The van der Waals surface area contributed by atoms with Crippen molar-refractivity contribution in [3.8, 4) is 5.75 Å². The number of carbonyl (C=O) groups excluding carboxylic acids is 1. The fraction of sp³-hybridized carbons (Fsp3) is 0.105. The van der Waals surface area contributed by atoms with Crippen LogP contribution >= 0.6 is 0 Å². The van der Waals surface area contributed by atoms with E-state index in [1.165, 1.54) is 0 Å². The minimum absolute atomic E-state index is 0.199. The number of nitrogens with zero attached hydrogens (tertiary/aromatic N) is 1. The van der Waals surface area contributed by atoms with Gasteiger partial charge in [0.15, 0.2) is 0 Å². The van der Waals surface area contributed by atoms with Gasteiger partial charge in [0.2, 0.25) is 0 Å². The highest BCUT2D eigenvalue weighted by atomic mass is 16.3. The van der Waals surface area contributed by atoms with E-state index < -0.39 is 0 Å². The largest absolute Gasteiger partial charge is 0.508 e. The number of amides is 2. The Balaban J connectivity index is 1.75.